The Morgan fingerprint density at radius 3 is 1.09 bits per heavy atom. The minimum atomic E-state index is -0.341. The third-order valence-corrected chi connectivity index (χ3v) is 31.1. The summed E-state index contributed by atoms with van der Waals surface area (Å²) >= 11 is 13.3. The molecule has 7 aromatic carbocycles. The molecule has 141 heavy (non-hydrogen) atoms. The number of rotatable bonds is 16. The summed E-state index contributed by atoms with van der Waals surface area (Å²) in [5.74, 6) is 0.783. The minimum Gasteiger partial charge on any atom is -0.393 e. The highest BCUT2D eigenvalue weighted by Gasteiger charge is 2.35. The lowest BCUT2D eigenvalue weighted by molar-refractivity contribution is -0.120. The summed E-state index contributed by atoms with van der Waals surface area (Å²) in [5.41, 5.74) is 19.3. The Morgan fingerprint density at radius 2 is 0.723 bits per heavy atom. The summed E-state index contributed by atoms with van der Waals surface area (Å²) in [6.45, 7) is 8.74. The fraction of sp³-hybridized carbons (Fsp3) is 0.402. The Kier molecular flexibility index (Phi) is 32.6. The van der Waals surface area contributed by atoms with Gasteiger partial charge in [0.05, 0.1) is 70.6 Å². The van der Waals surface area contributed by atoms with E-state index in [1.54, 1.807) is 58.2 Å². The molecule has 7 aromatic heterocycles. The number of nitrogens with one attached hydrogen (secondary N) is 2. The first-order chi connectivity index (χ1) is 68.2. The van der Waals surface area contributed by atoms with Gasteiger partial charge in [0.25, 0.3) is 11.1 Å². The minimum absolute atomic E-state index is 0.0143. The van der Waals surface area contributed by atoms with Gasteiger partial charge in [0.15, 0.2) is 18.7 Å². The second-order valence-corrected chi connectivity index (χ2v) is 43.0. The Bertz CT molecular complexity index is 7060. The number of fused-ring (bicyclic) bond motifs is 4. The van der Waals surface area contributed by atoms with E-state index in [1.165, 1.54) is 47.5 Å². The van der Waals surface area contributed by atoms with Gasteiger partial charge in [0.2, 0.25) is 11.1 Å². The number of Topliss-reactive ketones (excluding diaryl/α,β-unsaturated/α-hetero) is 1. The number of carbonyl (C=O) groups excluding carboxylic acids is 1. The van der Waals surface area contributed by atoms with Crippen molar-refractivity contribution in [3.63, 3.8) is 0 Å². The van der Waals surface area contributed by atoms with Crippen molar-refractivity contribution in [3.05, 3.63) is 318 Å². The van der Waals surface area contributed by atoms with E-state index >= 15 is 0 Å². The molecule has 3 saturated heterocycles. The molecule has 4 aliphatic carbocycles. The standard InChI is InChI=1S/C31H33BrFN3O3.C27H26BrFN2O2.C23H27N3O3.C23H25N3O3.C8H7Br2F/c1-19(23-14-24(32)18-25(33)15-23)35-12-11-22(17-29(35)38)21-7-10-28-27(16-21)31(20-5-8-26(37)9-6-20)34-36(28)30-4-2-3-13-39-30;1-16(21-10-22(28)14-23(29)11-21)31-9-8-19(13-26(31)33)18-2-3-20-15-30-27(25(20)12-18)17-4-6-24(32)7-5-17;2*27-18-7-4-15(5-8-18)23-19-13-16(17-10-11-24-21(28)14-17)6-9-20(19)26(25-23)22-3-1-2-12-29-22;1-5(9)6-2-7(10)4-8(11)3-6/h7,10-12,14-20,26,30,37H,2-6,8-9,13H2,1H3;2-3,8-14,16-17,24,32H,4-7,15H2,1H3;6,9-11,13-15,18,22,27H,1-5,7-8,12H2,(H,24,28);6,9-11,13-15,22H,1-5,7-8,12H2,(H,24,28);2-5H,1H3. The SMILES string of the molecule is CC(Br)c1cc(F)cc(Br)c1.CC(c1cc(F)cc(Br)c1)n1ccc(-c2ccc3c(c2)C(C2CCC(O)CC2)=NC3)cc1=O.CC(c1cc(F)cc(Br)c1)n1ccc(-c2ccc3c(c2)c(C2CCC(O)CC2)nn3C2CCCCO2)cc1=O.O=C1CCC(c2nn(C3CCCCO3)c3ccc(-c4cc[nH]c(=O)c4)cc23)CC1.O=c1cc(-c2ccc3c(c2)c(C2CCC(O)CC2)nn3C2CCCCO2)cc[nH]1. The van der Waals surface area contributed by atoms with E-state index in [1.807, 2.05) is 86.1 Å². The molecule has 29 heteroatoms. The van der Waals surface area contributed by atoms with Crippen LogP contribution in [0.25, 0.3) is 77.2 Å². The molecule has 0 bridgehead atoms. The molecule has 8 aliphatic rings. The van der Waals surface area contributed by atoms with Crippen molar-refractivity contribution in [3.8, 4) is 44.5 Å². The number of aromatic amines is 2. The number of H-pyrrole nitrogens is 2. The van der Waals surface area contributed by atoms with Gasteiger partial charge >= 0.3 is 0 Å². The van der Waals surface area contributed by atoms with E-state index in [9.17, 15) is 52.5 Å². The number of hydrogen-bond donors (Lipinski definition) is 5. The molecule has 11 heterocycles. The Balaban J connectivity index is 0.000000120. The van der Waals surface area contributed by atoms with Crippen molar-refractivity contribution >= 4 is 108 Å². The van der Waals surface area contributed by atoms with Gasteiger partial charge in [-0.15, -0.1) is 0 Å². The summed E-state index contributed by atoms with van der Waals surface area (Å²) in [4.78, 5) is 71.9. The monoisotopic (exact) mass is 2170 g/mol. The van der Waals surface area contributed by atoms with Gasteiger partial charge < -0.3 is 48.6 Å². The number of ether oxygens (including phenoxy) is 3. The van der Waals surface area contributed by atoms with E-state index in [2.05, 4.69) is 138 Å². The molecular formula is C112H118Br4F3N11O11. The van der Waals surface area contributed by atoms with Crippen LogP contribution in [0, 0.1) is 23.4 Å². The smallest absolute Gasteiger partial charge is 0.251 e. The summed E-state index contributed by atoms with van der Waals surface area (Å²) in [6, 6.07) is 53.1. The van der Waals surface area contributed by atoms with E-state index in [-0.39, 0.29) is 105 Å². The van der Waals surface area contributed by atoms with Crippen LogP contribution in [0.3, 0.4) is 0 Å². The van der Waals surface area contributed by atoms with Crippen LogP contribution in [-0.4, -0.2) is 113 Å². The fourth-order valence-corrected chi connectivity index (χ4v) is 23.0. The maximum absolute atomic E-state index is 14.0. The molecule has 4 aliphatic heterocycles. The molecule has 0 spiro atoms. The summed E-state index contributed by atoms with van der Waals surface area (Å²) in [5, 5.41) is 48.4. The maximum atomic E-state index is 14.0. The number of benzene rings is 7. The van der Waals surface area contributed by atoms with Crippen LogP contribution in [0.2, 0.25) is 0 Å². The molecule has 4 saturated carbocycles. The molecule has 6 unspecified atom stereocenters. The number of carbonyl (C=O) groups is 1. The zero-order valence-corrected chi connectivity index (χ0v) is 85.7. The third kappa shape index (κ3) is 24.0. The molecule has 0 radical (unpaired) electrons. The van der Waals surface area contributed by atoms with Crippen LogP contribution in [0.15, 0.2) is 238 Å². The number of aliphatic hydroxyl groups excluding tert-OH is 3. The molecule has 5 N–H and O–H groups in total. The highest BCUT2D eigenvalue weighted by Crippen LogP contribution is 2.45. The van der Waals surface area contributed by atoms with Crippen LogP contribution < -0.4 is 22.2 Å². The van der Waals surface area contributed by atoms with Crippen molar-refractivity contribution in [2.45, 2.75) is 259 Å². The highest BCUT2D eigenvalue weighted by molar-refractivity contribution is 9.11. The number of hydrogen-bond acceptors (Lipinski definition) is 15. The van der Waals surface area contributed by atoms with E-state index in [0.717, 1.165) is 289 Å². The predicted molar refractivity (Wildman–Crippen MR) is 560 cm³/mol. The number of ketones is 1. The predicted octanol–water partition coefficient (Wildman–Crippen LogP) is 25.4. The van der Waals surface area contributed by atoms with Gasteiger partial charge in [-0.25, -0.2) is 27.2 Å². The molecule has 22 rings (SSSR count). The molecule has 14 aromatic rings. The normalized spacial score (nSPS) is 21.7. The van der Waals surface area contributed by atoms with Crippen molar-refractivity contribution in [1.29, 1.82) is 0 Å². The van der Waals surface area contributed by atoms with E-state index in [0.29, 0.717) is 46.0 Å². The number of alkyl halides is 1. The third-order valence-electron chi connectivity index (χ3n) is 29.2. The Morgan fingerprint density at radius 1 is 0.376 bits per heavy atom. The van der Waals surface area contributed by atoms with Crippen LogP contribution in [0.4, 0.5) is 13.2 Å². The summed E-state index contributed by atoms with van der Waals surface area (Å²) in [7, 11) is 0. The molecule has 0 amide bonds. The van der Waals surface area contributed by atoms with E-state index < -0.39 is 0 Å². The zero-order chi connectivity index (χ0) is 98.2. The van der Waals surface area contributed by atoms with Crippen molar-refractivity contribution in [2.24, 2.45) is 10.9 Å². The maximum Gasteiger partial charge on any atom is 0.251 e. The number of aliphatic hydroxyl groups is 3. The van der Waals surface area contributed by atoms with Crippen molar-refractivity contribution in [2.75, 3.05) is 19.8 Å². The number of nitrogens with zero attached hydrogens (tertiary/aromatic N) is 9. The number of aliphatic imine (C=N–C) groups is 1. The molecular weight excluding hydrogens is 2050 g/mol. The average molecular weight is 2170 g/mol. The first-order valence-electron chi connectivity index (χ1n) is 49.7. The molecule has 6 atom stereocenters. The van der Waals surface area contributed by atoms with Crippen molar-refractivity contribution < 1.29 is 47.5 Å². The number of halogens is 7. The van der Waals surface area contributed by atoms with Crippen LogP contribution in [0.1, 0.15) is 280 Å². The van der Waals surface area contributed by atoms with Crippen molar-refractivity contribution in [1.82, 2.24) is 48.4 Å². The van der Waals surface area contributed by atoms with Gasteiger partial charge in [-0.1, -0.05) is 94.1 Å². The zero-order valence-electron chi connectivity index (χ0n) is 79.3. The Hall–Kier alpha value is -10.4. The average Bonchev–Trinajstić information content (AvgIpc) is 1.54. The fourth-order valence-electron chi connectivity index (χ4n) is 21.3. The van der Waals surface area contributed by atoms with E-state index in [4.69, 9.17) is 34.5 Å². The largest absolute Gasteiger partial charge is 0.393 e. The molecule has 736 valence electrons. The van der Waals surface area contributed by atoms with Crippen LogP contribution in [-0.2, 0) is 25.5 Å². The molecule has 22 nitrogen and oxygen atoms in total. The second-order valence-electron chi connectivity index (χ2n) is 38.8. The van der Waals surface area contributed by atoms with Gasteiger partial charge in [0, 0.05) is 151 Å². The Labute approximate surface area is 850 Å². The lowest BCUT2D eigenvalue weighted by Crippen LogP contribution is -2.24. The second kappa shape index (κ2) is 45.7. The summed E-state index contributed by atoms with van der Waals surface area (Å²) in [6.07, 6.45) is 29.3. The first-order valence-corrected chi connectivity index (χ1v) is 53.0. The van der Waals surface area contributed by atoms with Crippen LogP contribution >= 0.6 is 63.7 Å². The summed E-state index contributed by atoms with van der Waals surface area (Å²) < 4.78 is 70.2. The lowest BCUT2D eigenvalue weighted by Gasteiger charge is -2.26. The highest BCUT2D eigenvalue weighted by atomic mass is 79.9. The van der Waals surface area contributed by atoms with Gasteiger partial charge in [-0.05, 0) is 357 Å². The lowest BCUT2D eigenvalue weighted by atomic mass is 9.81. The molecule has 7 fully saturated rings. The quantitative estimate of drug-likeness (QED) is 0.0563. The van der Waals surface area contributed by atoms with Gasteiger partial charge in [-0.2, -0.15) is 15.3 Å². The number of aromatic nitrogens is 10. The van der Waals surface area contributed by atoms with Crippen LogP contribution in [0.5, 0.6) is 0 Å². The number of pyridine rings is 4. The van der Waals surface area contributed by atoms with Gasteiger partial charge in [-0.3, -0.25) is 29.0 Å². The topological polar surface area (TPSA) is 281 Å². The first kappa shape index (κ1) is 101. The van der Waals surface area contributed by atoms with Gasteiger partial charge in [0.1, 0.15) is 23.2 Å².